The van der Waals surface area contributed by atoms with Gasteiger partial charge in [-0.25, -0.2) is 0 Å². The molecule has 1 aliphatic rings. The van der Waals surface area contributed by atoms with Gasteiger partial charge in [0.2, 0.25) is 0 Å². The third-order valence-corrected chi connectivity index (χ3v) is 5.28. The standard InChI is InChI=1S/C20H20N4O2S/c1-2-26-17-7-3-14(4-8-17)18(25)13-27-20-23-22-19(24(20)16-5-6-16)15-9-11-21-12-10-15/h3-4,7-12,16H,2,5-6,13H2,1H3. The van der Waals surface area contributed by atoms with Crippen LogP contribution in [0.4, 0.5) is 0 Å². The van der Waals surface area contributed by atoms with Crippen molar-refractivity contribution in [1.82, 2.24) is 19.7 Å². The molecule has 3 aromatic rings. The molecule has 7 heteroatoms. The summed E-state index contributed by atoms with van der Waals surface area (Å²) in [5, 5.41) is 9.50. The average Bonchev–Trinajstić information content (AvgIpc) is 3.46. The van der Waals surface area contributed by atoms with E-state index in [1.807, 2.05) is 43.3 Å². The Kier molecular flexibility index (Phi) is 5.20. The minimum atomic E-state index is 0.0684. The summed E-state index contributed by atoms with van der Waals surface area (Å²) < 4.78 is 7.58. The number of nitrogens with zero attached hydrogens (tertiary/aromatic N) is 4. The topological polar surface area (TPSA) is 69.9 Å². The van der Waals surface area contributed by atoms with E-state index in [1.54, 1.807) is 12.4 Å². The predicted octanol–water partition coefficient (Wildman–Crippen LogP) is 4.05. The van der Waals surface area contributed by atoms with E-state index < -0.39 is 0 Å². The second-order valence-electron chi connectivity index (χ2n) is 6.31. The maximum atomic E-state index is 12.5. The Morgan fingerprint density at radius 2 is 1.89 bits per heavy atom. The molecular formula is C20H20N4O2S. The van der Waals surface area contributed by atoms with E-state index in [1.165, 1.54) is 11.8 Å². The fourth-order valence-electron chi connectivity index (χ4n) is 2.85. The average molecular weight is 380 g/mol. The van der Waals surface area contributed by atoms with Crippen LogP contribution in [0.25, 0.3) is 11.4 Å². The maximum absolute atomic E-state index is 12.5. The van der Waals surface area contributed by atoms with E-state index in [0.29, 0.717) is 24.0 Å². The Balaban J connectivity index is 1.48. The number of thioether (sulfide) groups is 1. The van der Waals surface area contributed by atoms with Gasteiger partial charge in [-0.3, -0.25) is 14.3 Å². The Hall–Kier alpha value is -2.67. The van der Waals surface area contributed by atoms with Gasteiger partial charge in [-0.05, 0) is 56.2 Å². The summed E-state index contributed by atoms with van der Waals surface area (Å²) >= 11 is 1.44. The molecule has 1 fully saturated rings. The van der Waals surface area contributed by atoms with Gasteiger partial charge in [0.25, 0.3) is 0 Å². The van der Waals surface area contributed by atoms with Gasteiger partial charge in [0, 0.05) is 29.6 Å². The molecule has 0 saturated heterocycles. The smallest absolute Gasteiger partial charge is 0.192 e. The number of hydrogen-bond acceptors (Lipinski definition) is 6. The van der Waals surface area contributed by atoms with Crippen molar-refractivity contribution in [2.45, 2.75) is 31.0 Å². The lowest BCUT2D eigenvalue weighted by Gasteiger charge is -2.08. The molecule has 27 heavy (non-hydrogen) atoms. The van der Waals surface area contributed by atoms with Crippen LogP contribution in [-0.2, 0) is 0 Å². The zero-order chi connectivity index (χ0) is 18.6. The molecule has 4 rings (SSSR count). The lowest BCUT2D eigenvalue weighted by atomic mass is 10.1. The Labute approximate surface area is 162 Å². The first kappa shape index (κ1) is 17.7. The summed E-state index contributed by atoms with van der Waals surface area (Å²) in [4.78, 5) is 16.6. The van der Waals surface area contributed by atoms with Gasteiger partial charge >= 0.3 is 0 Å². The normalized spacial score (nSPS) is 13.5. The number of ketones is 1. The second-order valence-corrected chi connectivity index (χ2v) is 7.25. The van der Waals surface area contributed by atoms with Crippen LogP contribution in [0.2, 0.25) is 0 Å². The molecule has 138 valence electrons. The lowest BCUT2D eigenvalue weighted by molar-refractivity contribution is 0.102. The molecule has 1 aromatic carbocycles. The van der Waals surface area contributed by atoms with Gasteiger partial charge in [0.1, 0.15) is 5.75 Å². The quantitative estimate of drug-likeness (QED) is 0.434. The van der Waals surface area contributed by atoms with Crippen LogP contribution in [0, 0.1) is 0 Å². The van der Waals surface area contributed by atoms with Crippen LogP contribution in [-0.4, -0.2) is 37.9 Å². The van der Waals surface area contributed by atoms with Crippen molar-refractivity contribution < 1.29 is 9.53 Å². The number of carbonyl (C=O) groups is 1. The number of rotatable bonds is 8. The summed E-state index contributed by atoms with van der Waals surface area (Å²) in [5.41, 5.74) is 1.67. The number of ether oxygens (including phenoxy) is 1. The van der Waals surface area contributed by atoms with Crippen LogP contribution in [0.15, 0.2) is 53.9 Å². The Bertz CT molecular complexity index is 921. The molecule has 0 spiro atoms. The summed E-state index contributed by atoms with van der Waals surface area (Å²) in [6, 6.07) is 11.6. The van der Waals surface area contributed by atoms with E-state index in [9.17, 15) is 4.79 Å². The van der Waals surface area contributed by atoms with Gasteiger partial charge < -0.3 is 4.74 Å². The number of Topliss-reactive ketones (excluding diaryl/α,β-unsaturated/α-hetero) is 1. The van der Waals surface area contributed by atoms with Gasteiger partial charge in [0.05, 0.1) is 12.4 Å². The van der Waals surface area contributed by atoms with E-state index in [-0.39, 0.29) is 5.78 Å². The first-order valence-corrected chi connectivity index (χ1v) is 9.99. The van der Waals surface area contributed by atoms with Crippen LogP contribution >= 0.6 is 11.8 Å². The van der Waals surface area contributed by atoms with Crippen LogP contribution in [0.1, 0.15) is 36.2 Å². The highest BCUT2D eigenvalue weighted by Gasteiger charge is 2.30. The number of pyridine rings is 1. The van der Waals surface area contributed by atoms with Gasteiger partial charge in [-0.1, -0.05) is 11.8 Å². The SMILES string of the molecule is CCOc1ccc(C(=O)CSc2nnc(-c3ccncc3)n2C2CC2)cc1. The number of carbonyl (C=O) groups excluding carboxylic acids is 1. The molecule has 1 saturated carbocycles. The largest absolute Gasteiger partial charge is 0.494 e. The second kappa shape index (κ2) is 7.92. The van der Waals surface area contributed by atoms with E-state index >= 15 is 0 Å². The summed E-state index contributed by atoms with van der Waals surface area (Å²) in [5.74, 6) is 2.02. The zero-order valence-corrected chi connectivity index (χ0v) is 15.9. The molecule has 1 aliphatic carbocycles. The first-order chi connectivity index (χ1) is 13.3. The van der Waals surface area contributed by atoms with Crippen molar-refractivity contribution in [2.24, 2.45) is 0 Å². The summed E-state index contributed by atoms with van der Waals surface area (Å²) in [7, 11) is 0. The molecule has 0 amide bonds. The summed E-state index contributed by atoms with van der Waals surface area (Å²) in [6.07, 6.45) is 5.75. The zero-order valence-electron chi connectivity index (χ0n) is 15.0. The minimum Gasteiger partial charge on any atom is -0.494 e. The number of hydrogen-bond donors (Lipinski definition) is 0. The molecule has 0 atom stereocenters. The highest BCUT2D eigenvalue weighted by Crippen LogP contribution is 2.41. The van der Waals surface area contributed by atoms with Crippen molar-refractivity contribution in [3.05, 3.63) is 54.4 Å². The number of benzene rings is 1. The predicted molar refractivity (Wildman–Crippen MR) is 104 cm³/mol. The fourth-order valence-corrected chi connectivity index (χ4v) is 3.75. The molecule has 2 heterocycles. The molecule has 0 bridgehead atoms. The van der Waals surface area contributed by atoms with Gasteiger partial charge in [0.15, 0.2) is 16.8 Å². The van der Waals surface area contributed by atoms with Crippen molar-refractivity contribution in [3.8, 4) is 17.1 Å². The van der Waals surface area contributed by atoms with Gasteiger partial charge in [-0.15, -0.1) is 10.2 Å². The van der Waals surface area contributed by atoms with Crippen LogP contribution < -0.4 is 4.74 Å². The molecule has 0 aliphatic heterocycles. The van der Waals surface area contributed by atoms with Gasteiger partial charge in [-0.2, -0.15) is 0 Å². The molecule has 0 N–H and O–H groups in total. The highest BCUT2D eigenvalue weighted by molar-refractivity contribution is 7.99. The van der Waals surface area contributed by atoms with Crippen molar-refractivity contribution in [3.63, 3.8) is 0 Å². The maximum Gasteiger partial charge on any atom is 0.192 e. The van der Waals surface area contributed by atoms with E-state index in [4.69, 9.17) is 4.74 Å². The third kappa shape index (κ3) is 4.03. The number of aromatic nitrogens is 4. The Morgan fingerprint density at radius 3 is 2.56 bits per heavy atom. The first-order valence-electron chi connectivity index (χ1n) is 9.00. The molecule has 6 nitrogen and oxygen atoms in total. The van der Waals surface area contributed by atoms with Crippen molar-refractivity contribution in [2.75, 3.05) is 12.4 Å². The van der Waals surface area contributed by atoms with Crippen LogP contribution in [0.5, 0.6) is 5.75 Å². The molecule has 0 unspecified atom stereocenters. The molecule has 2 aromatic heterocycles. The third-order valence-electron chi connectivity index (χ3n) is 4.33. The van der Waals surface area contributed by atoms with Crippen LogP contribution in [0.3, 0.4) is 0 Å². The highest BCUT2D eigenvalue weighted by atomic mass is 32.2. The molecular weight excluding hydrogens is 360 g/mol. The summed E-state index contributed by atoms with van der Waals surface area (Å²) in [6.45, 7) is 2.55. The van der Waals surface area contributed by atoms with E-state index in [2.05, 4.69) is 19.7 Å². The monoisotopic (exact) mass is 380 g/mol. The van der Waals surface area contributed by atoms with Crippen molar-refractivity contribution >= 4 is 17.5 Å². The lowest BCUT2D eigenvalue weighted by Crippen LogP contribution is -2.05. The van der Waals surface area contributed by atoms with Crippen molar-refractivity contribution in [1.29, 1.82) is 0 Å². The minimum absolute atomic E-state index is 0.0684. The fraction of sp³-hybridized carbons (Fsp3) is 0.300. The van der Waals surface area contributed by atoms with E-state index in [0.717, 1.165) is 35.1 Å². The molecule has 0 radical (unpaired) electrons. The Morgan fingerprint density at radius 1 is 1.15 bits per heavy atom.